The standard InChI is InChI=1S/C9H10N2O3S/c12-9(13)6-3-7(5-10-4-6)11-15(14)8-1-2-8/h3-5,8,11H,1-2H2,(H,12,13). The van der Waals surface area contributed by atoms with E-state index in [4.69, 9.17) is 5.11 Å². The summed E-state index contributed by atoms with van der Waals surface area (Å²) < 4.78 is 14.2. The van der Waals surface area contributed by atoms with E-state index in [0.29, 0.717) is 5.69 Å². The quantitative estimate of drug-likeness (QED) is 0.748. The lowest BCUT2D eigenvalue weighted by molar-refractivity contribution is 0.0696. The van der Waals surface area contributed by atoms with Gasteiger partial charge in [0.2, 0.25) is 0 Å². The van der Waals surface area contributed by atoms with Crippen molar-refractivity contribution in [3.63, 3.8) is 0 Å². The average Bonchev–Trinajstić information content (AvgIpc) is 3.01. The van der Waals surface area contributed by atoms with E-state index in [1.807, 2.05) is 0 Å². The summed E-state index contributed by atoms with van der Waals surface area (Å²) in [4.78, 5) is 14.4. The van der Waals surface area contributed by atoms with Crippen LogP contribution in [0.4, 0.5) is 5.69 Å². The van der Waals surface area contributed by atoms with Crippen LogP contribution in [0.3, 0.4) is 0 Å². The Hall–Kier alpha value is -1.27. The fraction of sp³-hybridized carbons (Fsp3) is 0.333. The van der Waals surface area contributed by atoms with Crippen LogP contribution in [-0.4, -0.2) is 25.9 Å². The number of aromatic nitrogens is 1. The molecular weight excluding hydrogens is 216 g/mol. The molecule has 1 aliphatic carbocycles. The van der Waals surface area contributed by atoms with E-state index in [-0.39, 0.29) is 10.8 Å². The number of anilines is 1. The zero-order valence-corrected chi connectivity index (χ0v) is 8.66. The first-order chi connectivity index (χ1) is 7.16. The van der Waals surface area contributed by atoms with Crippen LogP contribution in [0.2, 0.25) is 0 Å². The first-order valence-corrected chi connectivity index (χ1v) is 5.73. The van der Waals surface area contributed by atoms with Gasteiger partial charge in [-0.05, 0) is 6.07 Å². The molecule has 0 aromatic carbocycles. The van der Waals surface area contributed by atoms with Gasteiger partial charge in [0, 0.05) is 19.0 Å². The number of carboxylic acids is 1. The van der Waals surface area contributed by atoms with Crippen molar-refractivity contribution in [2.24, 2.45) is 0 Å². The van der Waals surface area contributed by atoms with Gasteiger partial charge in [-0.25, -0.2) is 9.52 Å². The van der Waals surface area contributed by atoms with Gasteiger partial charge in [0.15, 0.2) is 0 Å². The zero-order chi connectivity index (χ0) is 10.8. The van der Waals surface area contributed by atoms with Crippen molar-refractivity contribution in [1.29, 1.82) is 0 Å². The largest absolute Gasteiger partial charge is 0.593 e. The summed E-state index contributed by atoms with van der Waals surface area (Å²) in [7, 11) is 0. The number of hydrogen-bond donors (Lipinski definition) is 2. The Morgan fingerprint density at radius 2 is 2.33 bits per heavy atom. The number of hydrogen-bond acceptors (Lipinski definition) is 4. The molecule has 1 atom stereocenters. The lowest BCUT2D eigenvalue weighted by Gasteiger charge is -2.10. The molecule has 1 fully saturated rings. The zero-order valence-electron chi connectivity index (χ0n) is 7.84. The van der Waals surface area contributed by atoms with Crippen molar-refractivity contribution >= 4 is 23.0 Å². The first kappa shape index (κ1) is 10.3. The molecule has 80 valence electrons. The summed E-state index contributed by atoms with van der Waals surface area (Å²) in [6.07, 6.45) is 4.65. The fourth-order valence-corrected chi connectivity index (χ4v) is 2.17. The summed E-state index contributed by atoms with van der Waals surface area (Å²) in [6.45, 7) is 0. The van der Waals surface area contributed by atoms with Crippen molar-refractivity contribution in [3.05, 3.63) is 24.0 Å². The van der Waals surface area contributed by atoms with E-state index < -0.39 is 17.3 Å². The topological polar surface area (TPSA) is 85.3 Å². The highest BCUT2D eigenvalue weighted by Crippen LogP contribution is 2.29. The molecule has 15 heavy (non-hydrogen) atoms. The van der Waals surface area contributed by atoms with Crippen molar-refractivity contribution in [2.45, 2.75) is 18.1 Å². The van der Waals surface area contributed by atoms with Crippen molar-refractivity contribution in [2.75, 3.05) is 4.72 Å². The number of pyridine rings is 1. The fourth-order valence-electron chi connectivity index (χ4n) is 1.09. The van der Waals surface area contributed by atoms with Crippen LogP contribution in [0, 0.1) is 0 Å². The first-order valence-electron chi connectivity index (χ1n) is 4.52. The molecule has 1 heterocycles. The Kier molecular flexibility index (Phi) is 2.79. The summed E-state index contributed by atoms with van der Waals surface area (Å²) in [5.41, 5.74) is 0.577. The van der Waals surface area contributed by atoms with Gasteiger partial charge >= 0.3 is 5.97 Å². The molecule has 1 unspecified atom stereocenters. The molecule has 2 rings (SSSR count). The monoisotopic (exact) mass is 226 g/mol. The van der Waals surface area contributed by atoms with Crippen LogP contribution in [-0.2, 0) is 11.4 Å². The number of rotatable bonds is 4. The van der Waals surface area contributed by atoms with Gasteiger partial charge in [-0.2, -0.15) is 0 Å². The van der Waals surface area contributed by atoms with Gasteiger partial charge in [0.05, 0.1) is 23.1 Å². The second-order valence-electron chi connectivity index (χ2n) is 3.37. The molecule has 0 spiro atoms. The van der Waals surface area contributed by atoms with Crippen LogP contribution in [0.5, 0.6) is 0 Å². The van der Waals surface area contributed by atoms with Crippen LogP contribution in [0.25, 0.3) is 0 Å². The van der Waals surface area contributed by atoms with Gasteiger partial charge in [0.1, 0.15) is 10.9 Å². The van der Waals surface area contributed by atoms with Crippen LogP contribution in [0.1, 0.15) is 23.2 Å². The minimum atomic E-state index is -1.12. The Morgan fingerprint density at radius 1 is 1.60 bits per heavy atom. The van der Waals surface area contributed by atoms with E-state index in [0.717, 1.165) is 12.8 Å². The predicted octanol–water partition coefficient (Wildman–Crippen LogP) is 1.02. The molecule has 0 aliphatic heterocycles. The van der Waals surface area contributed by atoms with Crippen LogP contribution in [0.15, 0.2) is 18.5 Å². The summed E-state index contributed by atoms with van der Waals surface area (Å²) in [5.74, 6) is -1.04. The summed E-state index contributed by atoms with van der Waals surface area (Å²) in [5, 5.41) is 8.93. The Morgan fingerprint density at radius 3 is 2.93 bits per heavy atom. The maximum Gasteiger partial charge on any atom is 0.337 e. The van der Waals surface area contributed by atoms with Crippen molar-refractivity contribution in [1.82, 2.24) is 4.98 Å². The van der Waals surface area contributed by atoms with E-state index >= 15 is 0 Å². The number of carbonyl (C=O) groups is 1. The van der Waals surface area contributed by atoms with Gasteiger partial charge in [-0.3, -0.25) is 4.98 Å². The third-order valence-corrected chi connectivity index (χ3v) is 3.54. The SMILES string of the molecule is O=C(O)c1cncc(N[S+]([O-])C2CC2)c1. The lowest BCUT2D eigenvalue weighted by atomic mass is 10.3. The second kappa shape index (κ2) is 4.08. The normalized spacial score (nSPS) is 17.1. The Bertz CT molecular complexity index is 381. The molecule has 2 N–H and O–H groups in total. The highest BCUT2D eigenvalue weighted by Gasteiger charge is 2.35. The van der Waals surface area contributed by atoms with Crippen LogP contribution >= 0.6 is 0 Å². The smallest absolute Gasteiger partial charge is 0.337 e. The second-order valence-corrected chi connectivity index (χ2v) is 4.83. The Balaban J connectivity index is 2.07. The number of nitrogens with zero attached hydrogens (tertiary/aromatic N) is 1. The highest BCUT2D eigenvalue weighted by atomic mass is 32.2. The van der Waals surface area contributed by atoms with Crippen molar-refractivity contribution < 1.29 is 14.5 Å². The molecule has 5 nitrogen and oxygen atoms in total. The third kappa shape index (κ3) is 2.60. The molecular formula is C9H10N2O3S. The van der Waals surface area contributed by atoms with Crippen LogP contribution < -0.4 is 4.72 Å². The predicted molar refractivity (Wildman–Crippen MR) is 56.0 cm³/mol. The molecule has 1 aromatic rings. The molecule has 1 saturated carbocycles. The minimum Gasteiger partial charge on any atom is -0.593 e. The molecule has 0 saturated heterocycles. The molecule has 0 bridgehead atoms. The van der Waals surface area contributed by atoms with Crippen molar-refractivity contribution in [3.8, 4) is 0 Å². The molecule has 6 heteroatoms. The van der Waals surface area contributed by atoms with Gasteiger partial charge in [-0.15, -0.1) is 0 Å². The highest BCUT2D eigenvalue weighted by molar-refractivity contribution is 7.93. The van der Waals surface area contributed by atoms with Gasteiger partial charge in [-0.1, -0.05) is 0 Å². The van der Waals surface area contributed by atoms with E-state index in [1.165, 1.54) is 18.5 Å². The number of carboxylic acid groups (broad SMARTS) is 1. The van der Waals surface area contributed by atoms with E-state index in [2.05, 4.69) is 9.71 Å². The molecule has 1 aromatic heterocycles. The summed E-state index contributed by atoms with van der Waals surface area (Å²) >= 11 is -1.12. The molecule has 1 aliphatic rings. The number of nitrogens with one attached hydrogen (secondary N) is 1. The third-order valence-electron chi connectivity index (χ3n) is 2.03. The van der Waals surface area contributed by atoms with E-state index in [9.17, 15) is 9.35 Å². The molecule has 0 radical (unpaired) electrons. The Labute approximate surface area is 89.8 Å². The lowest BCUT2D eigenvalue weighted by Crippen LogP contribution is -2.17. The van der Waals surface area contributed by atoms with Gasteiger partial charge < -0.3 is 9.66 Å². The van der Waals surface area contributed by atoms with E-state index in [1.54, 1.807) is 0 Å². The van der Waals surface area contributed by atoms with Gasteiger partial charge in [0.25, 0.3) is 0 Å². The maximum absolute atomic E-state index is 11.5. The molecule has 0 amide bonds. The number of aromatic carboxylic acids is 1. The maximum atomic E-state index is 11.5. The summed E-state index contributed by atoms with van der Waals surface area (Å²) in [6, 6.07) is 1.43. The average molecular weight is 226 g/mol. The minimum absolute atomic E-state index is 0.0906.